The van der Waals surface area contributed by atoms with Gasteiger partial charge < -0.3 is 16.5 Å². The summed E-state index contributed by atoms with van der Waals surface area (Å²) in [5.74, 6) is 7.06. The summed E-state index contributed by atoms with van der Waals surface area (Å²) in [6.07, 6.45) is 7.10. The molecule has 1 aromatic heterocycles. The predicted octanol–water partition coefficient (Wildman–Crippen LogP) is 5.23. The molecule has 0 saturated heterocycles. The lowest BCUT2D eigenvalue weighted by Crippen LogP contribution is -2.40. The van der Waals surface area contributed by atoms with Gasteiger partial charge in [-0.3, -0.25) is 5.01 Å². The monoisotopic (exact) mass is 440 g/mol. The van der Waals surface area contributed by atoms with Crippen LogP contribution in [-0.2, 0) is 0 Å². The molecule has 0 aliphatic heterocycles. The van der Waals surface area contributed by atoms with Crippen molar-refractivity contribution in [3.63, 3.8) is 0 Å². The summed E-state index contributed by atoms with van der Waals surface area (Å²) in [5.41, 5.74) is 18.6. The van der Waals surface area contributed by atoms with Crippen LogP contribution >= 0.6 is 0 Å². The fraction of sp³-hybridized carbons (Fsp3) is 0.222. The third-order valence-corrected chi connectivity index (χ3v) is 6.39. The number of aromatic nitrogens is 1. The number of fused-ring (bicyclic) bond motifs is 1. The first-order chi connectivity index (χ1) is 16.0. The van der Waals surface area contributed by atoms with Crippen molar-refractivity contribution in [1.82, 2.24) is 9.99 Å². The molecule has 1 aliphatic rings. The van der Waals surface area contributed by atoms with Crippen LogP contribution in [0.1, 0.15) is 37.8 Å². The van der Waals surface area contributed by atoms with Crippen molar-refractivity contribution in [2.75, 3.05) is 0 Å². The average molecular weight is 441 g/mol. The molecule has 3 aromatic rings. The standard InChI is InChI=1S/C27H32N6/c1-3-31-27(29)26(33(30)18(2)19-11-6-4-7-12-19)24(28)23-17-21-15-10-16-22(25(21)32-23)20-13-8-5-9-14-20/h3,5,8-10,13-17,19,32H,1-2,4,6-7,11-12,28,30H2,(H2,29,31)/b26-24-. The minimum atomic E-state index is 0.198. The summed E-state index contributed by atoms with van der Waals surface area (Å²) >= 11 is 0. The molecule has 170 valence electrons. The second kappa shape index (κ2) is 9.79. The topological polar surface area (TPSA) is 109 Å². The molecule has 1 fully saturated rings. The number of para-hydroxylation sites is 1. The van der Waals surface area contributed by atoms with E-state index >= 15 is 0 Å². The minimum Gasteiger partial charge on any atom is -0.395 e. The van der Waals surface area contributed by atoms with E-state index in [1.54, 1.807) is 0 Å². The van der Waals surface area contributed by atoms with Gasteiger partial charge in [-0.05, 0) is 24.5 Å². The van der Waals surface area contributed by atoms with Gasteiger partial charge in [0.15, 0.2) is 5.84 Å². The highest BCUT2D eigenvalue weighted by molar-refractivity contribution is 6.04. The van der Waals surface area contributed by atoms with Gasteiger partial charge in [0.25, 0.3) is 0 Å². The Labute approximate surface area is 195 Å². The number of aliphatic imine (C=N–C) groups is 1. The number of H-pyrrole nitrogens is 1. The fourth-order valence-corrected chi connectivity index (χ4v) is 4.61. The van der Waals surface area contributed by atoms with Crippen molar-refractivity contribution in [3.05, 3.63) is 91.0 Å². The largest absolute Gasteiger partial charge is 0.395 e. The first kappa shape index (κ1) is 22.4. The first-order valence-corrected chi connectivity index (χ1v) is 11.4. The Morgan fingerprint density at radius 1 is 1.03 bits per heavy atom. The molecule has 0 spiro atoms. The summed E-state index contributed by atoms with van der Waals surface area (Å²) < 4.78 is 0. The SMILES string of the molecule is C=CN=C(N)/C(=C(/N)c1cc2cccc(-c3ccccc3)c2[nH]1)N(N)C(=C)C1CCCCC1. The van der Waals surface area contributed by atoms with Crippen molar-refractivity contribution in [2.24, 2.45) is 28.2 Å². The average Bonchev–Trinajstić information content (AvgIpc) is 3.29. The number of hydrogen-bond donors (Lipinski definition) is 4. The molecule has 1 heterocycles. The van der Waals surface area contributed by atoms with E-state index in [4.69, 9.17) is 17.3 Å². The highest BCUT2D eigenvalue weighted by Gasteiger charge is 2.25. The molecule has 0 amide bonds. The van der Waals surface area contributed by atoms with Gasteiger partial charge >= 0.3 is 0 Å². The highest BCUT2D eigenvalue weighted by atomic mass is 15.4. The Morgan fingerprint density at radius 3 is 2.45 bits per heavy atom. The zero-order valence-electron chi connectivity index (χ0n) is 18.9. The van der Waals surface area contributed by atoms with Crippen LogP contribution in [0.4, 0.5) is 0 Å². The molecule has 6 heteroatoms. The van der Waals surface area contributed by atoms with E-state index in [-0.39, 0.29) is 5.84 Å². The maximum absolute atomic E-state index is 6.68. The van der Waals surface area contributed by atoms with Crippen LogP contribution in [0.15, 0.2) is 90.3 Å². The molecule has 0 radical (unpaired) electrons. The molecule has 2 aromatic carbocycles. The van der Waals surface area contributed by atoms with Gasteiger partial charge in [-0.15, -0.1) is 0 Å². The first-order valence-electron chi connectivity index (χ1n) is 11.4. The Morgan fingerprint density at radius 2 is 1.76 bits per heavy atom. The molecular formula is C27H32N6. The summed E-state index contributed by atoms with van der Waals surface area (Å²) in [6.45, 7) is 7.95. The lowest BCUT2D eigenvalue weighted by atomic mass is 9.87. The fourth-order valence-electron chi connectivity index (χ4n) is 4.61. The van der Waals surface area contributed by atoms with E-state index in [0.717, 1.165) is 46.3 Å². The third kappa shape index (κ3) is 4.56. The van der Waals surface area contributed by atoms with Crippen LogP contribution in [-0.4, -0.2) is 15.8 Å². The second-order valence-corrected chi connectivity index (χ2v) is 8.47. The third-order valence-electron chi connectivity index (χ3n) is 6.39. The molecule has 1 saturated carbocycles. The van der Waals surface area contributed by atoms with E-state index < -0.39 is 0 Å². The van der Waals surface area contributed by atoms with Crippen LogP contribution in [0, 0.1) is 5.92 Å². The summed E-state index contributed by atoms with van der Waals surface area (Å²) in [4.78, 5) is 7.67. The number of amidine groups is 1. The van der Waals surface area contributed by atoms with Crippen molar-refractivity contribution in [2.45, 2.75) is 32.1 Å². The smallest absolute Gasteiger partial charge is 0.150 e. The van der Waals surface area contributed by atoms with Crippen LogP contribution in [0.25, 0.3) is 27.7 Å². The number of nitrogens with two attached hydrogens (primary N) is 3. The summed E-state index contributed by atoms with van der Waals surface area (Å²) in [6, 6.07) is 18.4. The number of allylic oxidation sites excluding steroid dienone is 1. The van der Waals surface area contributed by atoms with Crippen molar-refractivity contribution >= 4 is 22.4 Å². The molecule has 0 atom stereocenters. The highest BCUT2D eigenvalue weighted by Crippen LogP contribution is 2.33. The normalized spacial score (nSPS) is 15.8. The second-order valence-electron chi connectivity index (χ2n) is 8.47. The zero-order chi connectivity index (χ0) is 23.4. The Hall–Kier alpha value is -3.77. The van der Waals surface area contributed by atoms with Gasteiger partial charge in [-0.1, -0.05) is 81.0 Å². The molecule has 7 N–H and O–H groups in total. The van der Waals surface area contributed by atoms with Gasteiger partial charge in [-0.25, -0.2) is 10.8 Å². The van der Waals surface area contributed by atoms with Gasteiger partial charge in [0.2, 0.25) is 0 Å². The van der Waals surface area contributed by atoms with E-state index in [1.165, 1.54) is 30.5 Å². The lowest BCUT2D eigenvalue weighted by molar-refractivity contribution is 0.322. The quantitative estimate of drug-likeness (QED) is 0.174. The van der Waals surface area contributed by atoms with Gasteiger partial charge in [-0.2, -0.15) is 0 Å². The maximum atomic E-state index is 6.68. The summed E-state index contributed by atoms with van der Waals surface area (Å²) in [5, 5.41) is 2.56. The van der Waals surface area contributed by atoms with E-state index in [0.29, 0.717) is 17.3 Å². The number of benzene rings is 2. The number of hydrazine groups is 1. The van der Waals surface area contributed by atoms with E-state index in [2.05, 4.69) is 47.4 Å². The zero-order valence-corrected chi connectivity index (χ0v) is 18.9. The minimum absolute atomic E-state index is 0.198. The number of nitrogens with one attached hydrogen (secondary N) is 1. The Kier molecular flexibility index (Phi) is 6.66. The molecular weight excluding hydrogens is 408 g/mol. The molecule has 6 nitrogen and oxygen atoms in total. The van der Waals surface area contributed by atoms with E-state index in [1.807, 2.05) is 30.3 Å². The van der Waals surface area contributed by atoms with Gasteiger partial charge in [0.05, 0.1) is 16.9 Å². The molecule has 4 rings (SSSR count). The number of hydrogen-bond acceptors (Lipinski definition) is 4. The number of aromatic amines is 1. The van der Waals surface area contributed by atoms with Crippen molar-refractivity contribution in [1.29, 1.82) is 0 Å². The van der Waals surface area contributed by atoms with Gasteiger partial charge in [0.1, 0.15) is 5.70 Å². The predicted molar refractivity (Wildman–Crippen MR) is 138 cm³/mol. The van der Waals surface area contributed by atoms with Crippen molar-refractivity contribution in [3.8, 4) is 11.1 Å². The van der Waals surface area contributed by atoms with Crippen LogP contribution in [0.5, 0.6) is 0 Å². The van der Waals surface area contributed by atoms with Crippen LogP contribution in [0.3, 0.4) is 0 Å². The van der Waals surface area contributed by atoms with Crippen LogP contribution < -0.4 is 17.3 Å². The maximum Gasteiger partial charge on any atom is 0.150 e. The van der Waals surface area contributed by atoms with Crippen LogP contribution in [0.2, 0.25) is 0 Å². The van der Waals surface area contributed by atoms with E-state index in [9.17, 15) is 0 Å². The molecule has 33 heavy (non-hydrogen) atoms. The Balaban J connectivity index is 1.80. The molecule has 0 bridgehead atoms. The van der Waals surface area contributed by atoms with Gasteiger partial charge in [0, 0.05) is 28.8 Å². The Bertz CT molecular complexity index is 1210. The number of nitrogens with zero attached hydrogens (tertiary/aromatic N) is 2. The summed E-state index contributed by atoms with van der Waals surface area (Å²) in [7, 11) is 0. The molecule has 1 aliphatic carbocycles. The number of rotatable bonds is 7. The van der Waals surface area contributed by atoms with Crippen molar-refractivity contribution < 1.29 is 0 Å². The lowest BCUT2D eigenvalue weighted by Gasteiger charge is -2.32. The molecule has 0 unspecified atom stereocenters.